The Kier molecular flexibility index (Phi) is 6.25. The van der Waals surface area contributed by atoms with Crippen LogP contribution in [-0.4, -0.2) is 49.7 Å². The van der Waals surface area contributed by atoms with Crippen LogP contribution in [0.25, 0.3) is 0 Å². The van der Waals surface area contributed by atoms with Crippen molar-refractivity contribution < 1.29 is 13.2 Å². The van der Waals surface area contributed by atoms with Gasteiger partial charge in [-0.25, -0.2) is 8.42 Å². The lowest BCUT2D eigenvalue weighted by Crippen LogP contribution is -2.50. The Morgan fingerprint density at radius 1 is 0.933 bits per heavy atom. The summed E-state index contributed by atoms with van der Waals surface area (Å²) in [6, 6.07) is 15.6. The van der Waals surface area contributed by atoms with Gasteiger partial charge in [0.25, 0.3) is 0 Å². The minimum Gasteiger partial charge on any atom is -0.340 e. The Hall–Kier alpha value is -2.18. The lowest BCUT2D eigenvalue weighted by molar-refractivity contribution is -0.132. The molecule has 160 valence electrons. The number of rotatable bonds is 5. The van der Waals surface area contributed by atoms with Crippen LogP contribution in [0.2, 0.25) is 0 Å². The molecule has 1 amide bonds. The van der Waals surface area contributed by atoms with Crippen molar-refractivity contribution in [3.63, 3.8) is 0 Å². The van der Waals surface area contributed by atoms with Crippen LogP contribution in [0.5, 0.6) is 0 Å². The van der Waals surface area contributed by atoms with Crippen molar-refractivity contribution in [3.8, 4) is 0 Å². The molecule has 0 N–H and O–H groups in total. The number of aryl methyl sites for hydroxylation is 2. The third-order valence-corrected chi connectivity index (χ3v) is 8.29. The molecule has 4 rings (SSSR count). The molecule has 0 bridgehead atoms. The van der Waals surface area contributed by atoms with E-state index in [1.807, 2.05) is 42.5 Å². The standard InChI is InChI=1S/C24H30N2O3S/c1-19(20-7-3-2-4-8-20)17-24(27)25-13-15-26(16-14-25)30(28,29)23-12-11-21-9-5-6-10-22(21)18-23/h2-4,7-8,11-12,18-19H,5-6,9-10,13-17H2,1H3. The molecule has 6 heteroatoms. The monoisotopic (exact) mass is 426 g/mol. The third-order valence-electron chi connectivity index (χ3n) is 6.40. The van der Waals surface area contributed by atoms with E-state index in [1.54, 1.807) is 11.0 Å². The number of benzene rings is 2. The van der Waals surface area contributed by atoms with Crippen LogP contribution in [-0.2, 0) is 27.7 Å². The lowest BCUT2D eigenvalue weighted by Gasteiger charge is -2.34. The Balaban J connectivity index is 1.37. The second-order valence-corrected chi connectivity index (χ2v) is 10.4. The molecule has 1 aliphatic heterocycles. The molecule has 30 heavy (non-hydrogen) atoms. The molecule has 2 aromatic carbocycles. The Morgan fingerprint density at radius 3 is 2.30 bits per heavy atom. The van der Waals surface area contributed by atoms with Crippen molar-refractivity contribution in [3.05, 3.63) is 65.2 Å². The molecule has 1 heterocycles. The minimum atomic E-state index is -3.52. The summed E-state index contributed by atoms with van der Waals surface area (Å²) in [5.41, 5.74) is 3.61. The number of amides is 1. The van der Waals surface area contributed by atoms with E-state index in [1.165, 1.54) is 21.9 Å². The molecule has 0 aromatic heterocycles. The van der Waals surface area contributed by atoms with Crippen LogP contribution < -0.4 is 0 Å². The topological polar surface area (TPSA) is 57.7 Å². The predicted octanol–water partition coefficient (Wildman–Crippen LogP) is 3.59. The average Bonchev–Trinajstić information content (AvgIpc) is 2.79. The quantitative estimate of drug-likeness (QED) is 0.734. The summed E-state index contributed by atoms with van der Waals surface area (Å²) in [5.74, 6) is 0.244. The van der Waals surface area contributed by atoms with Crippen molar-refractivity contribution >= 4 is 15.9 Å². The van der Waals surface area contributed by atoms with Crippen molar-refractivity contribution in [2.75, 3.05) is 26.2 Å². The van der Waals surface area contributed by atoms with Crippen molar-refractivity contribution in [1.82, 2.24) is 9.21 Å². The summed E-state index contributed by atoms with van der Waals surface area (Å²) in [4.78, 5) is 14.9. The molecule has 1 aliphatic carbocycles. The summed E-state index contributed by atoms with van der Waals surface area (Å²) in [7, 11) is -3.52. The van der Waals surface area contributed by atoms with E-state index in [-0.39, 0.29) is 11.8 Å². The van der Waals surface area contributed by atoms with Crippen LogP contribution in [0.15, 0.2) is 53.4 Å². The number of fused-ring (bicyclic) bond motifs is 1. The van der Waals surface area contributed by atoms with Crippen LogP contribution >= 0.6 is 0 Å². The highest BCUT2D eigenvalue weighted by atomic mass is 32.2. The van der Waals surface area contributed by atoms with Crippen LogP contribution in [0.3, 0.4) is 0 Å². The summed E-state index contributed by atoms with van der Waals surface area (Å²) in [6.45, 7) is 3.66. The average molecular weight is 427 g/mol. The van der Waals surface area contributed by atoms with E-state index in [9.17, 15) is 13.2 Å². The molecule has 0 saturated carbocycles. The van der Waals surface area contributed by atoms with Crippen LogP contribution in [0.4, 0.5) is 0 Å². The largest absolute Gasteiger partial charge is 0.340 e. The lowest BCUT2D eigenvalue weighted by atomic mass is 9.92. The minimum absolute atomic E-state index is 0.0946. The molecule has 0 radical (unpaired) electrons. The zero-order valence-corrected chi connectivity index (χ0v) is 18.4. The first kappa shape index (κ1) is 21.1. The zero-order chi connectivity index (χ0) is 21.1. The normalized spacial score (nSPS) is 18.6. The highest BCUT2D eigenvalue weighted by Gasteiger charge is 2.31. The Labute approximate surface area is 179 Å². The van der Waals surface area contributed by atoms with Gasteiger partial charge in [-0.15, -0.1) is 0 Å². The second-order valence-electron chi connectivity index (χ2n) is 8.44. The number of hydrogen-bond acceptors (Lipinski definition) is 3. The fraction of sp³-hybridized carbons (Fsp3) is 0.458. The van der Waals surface area contributed by atoms with Gasteiger partial charge < -0.3 is 4.90 Å². The number of carbonyl (C=O) groups excluding carboxylic acids is 1. The predicted molar refractivity (Wildman–Crippen MR) is 118 cm³/mol. The van der Waals surface area contributed by atoms with Crippen LogP contribution in [0.1, 0.15) is 48.8 Å². The molecular weight excluding hydrogens is 396 g/mol. The first-order chi connectivity index (χ1) is 14.4. The third kappa shape index (κ3) is 4.44. The number of hydrogen-bond donors (Lipinski definition) is 0. The Morgan fingerprint density at radius 2 is 1.60 bits per heavy atom. The van der Waals surface area contributed by atoms with Gasteiger partial charge in [-0.3, -0.25) is 4.79 Å². The maximum atomic E-state index is 13.1. The molecule has 1 fully saturated rings. The first-order valence-electron chi connectivity index (χ1n) is 10.9. The Bertz CT molecular complexity index is 996. The molecule has 5 nitrogen and oxygen atoms in total. The van der Waals surface area contributed by atoms with Gasteiger partial charge in [0.05, 0.1) is 4.90 Å². The van der Waals surface area contributed by atoms with E-state index in [4.69, 9.17) is 0 Å². The number of piperazine rings is 1. The molecule has 1 saturated heterocycles. The second kappa shape index (κ2) is 8.90. The number of carbonyl (C=O) groups is 1. The van der Waals surface area contributed by atoms with Crippen molar-refractivity contribution in [1.29, 1.82) is 0 Å². The summed E-state index contributed by atoms with van der Waals surface area (Å²) >= 11 is 0. The van der Waals surface area contributed by atoms with Gasteiger partial charge in [0.2, 0.25) is 15.9 Å². The SMILES string of the molecule is CC(CC(=O)N1CCN(S(=O)(=O)c2ccc3c(c2)CCCC3)CC1)c1ccccc1. The van der Waals surface area contributed by atoms with Crippen LogP contribution in [0, 0.1) is 0 Å². The van der Waals surface area contributed by atoms with Gasteiger partial charge in [-0.2, -0.15) is 4.31 Å². The highest BCUT2D eigenvalue weighted by Crippen LogP contribution is 2.26. The maximum absolute atomic E-state index is 13.1. The van der Waals surface area contributed by atoms with E-state index >= 15 is 0 Å². The van der Waals surface area contributed by atoms with Gasteiger partial charge in [0.15, 0.2) is 0 Å². The van der Waals surface area contributed by atoms with E-state index in [0.29, 0.717) is 37.5 Å². The number of nitrogens with zero attached hydrogens (tertiary/aromatic N) is 2. The summed E-state index contributed by atoms with van der Waals surface area (Å²) in [5, 5.41) is 0. The van der Waals surface area contributed by atoms with Gasteiger partial charge in [-0.05, 0) is 60.4 Å². The van der Waals surface area contributed by atoms with E-state index < -0.39 is 10.0 Å². The fourth-order valence-electron chi connectivity index (χ4n) is 4.49. The smallest absolute Gasteiger partial charge is 0.243 e. The number of sulfonamides is 1. The maximum Gasteiger partial charge on any atom is 0.243 e. The van der Waals surface area contributed by atoms with Gasteiger partial charge in [0.1, 0.15) is 0 Å². The molecule has 2 aliphatic rings. The van der Waals surface area contributed by atoms with Gasteiger partial charge in [-0.1, -0.05) is 43.3 Å². The molecule has 1 unspecified atom stereocenters. The van der Waals surface area contributed by atoms with Crippen molar-refractivity contribution in [2.45, 2.75) is 49.8 Å². The van der Waals surface area contributed by atoms with E-state index in [0.717, 1.165) is 24.8 Å². The molecular formula is C24H30N2O3S. The van der Waals surface area contributed by atoms with Gasteiger partial charge in [0, 0.05) is 32.6 Å². The first-order valence-corrected chi connectivity index (χ1v) is 12.3. The molecule has 0 spiro atoms. The summed E-state index contributed by atoms with van der Waals surface area (Å²) in [6.07, 6.45) is 4.75. The molecule has 1 atom stereocenters. The molecule has 2 aromatic rings. The fourth-order valence-corrected chi connectivity index (χ4v) is 5.96. The van der Waals surface area contributed by atoms with Crippen molar-refractivity contribution in [2.24, 2.45) is 0 Å². The zero-order valence-electron chi connectivity index (χ0n) is 17.6. The van der Waals surface area contributed by atoms with E-state index in [2.05, 4.69) is 6.92 Å². The highest BCUT2D eigenvalue weighted by molar-refractivity contribution is 7.89. The summed E-state index contributed by atoms with van der Waals surface area (Å²) < 4.78 is 27.8. The van der Waals surface area contributed by atoms with Gasteiger partial charge >= 0.3 is 0 Å².